The van der Waals surface area contributed by atoms with E-state index >= 15 is 0 Å². The highest BCUT2D eigenvalue weighted by atomic mass is 35.5. The molecule has 16 heavy (non-hydrogen) atoms. The van der Waals surface area contributed by atoms with Crippen molar-refractivity contribution < 1.29 is 4.39 Å². The molecule has 1 heterocycles. The van der Waals surface area contributed by atoms with Gasteiger partial charge in [-0.05, 0) is 18.2 Å². The highest BCUT2D eigenvalue weighted by Gasteiger charge is 2.13. The largest absolute Gasteiger partial charge is 0.342 e. The molecule has 1 aliphatic rings. The molecule has 1 aromatic rings. The van der Waals surface area contributed by atoms with Crippen LogP contribution < -0.4 is 10.6 Å². The molecule has 0 spiro atoms. The third-order valence-electron chi connectivity index (χ3n) is 2.22. The molecule has 84 valence electrons. The minimum Gasteiger partial charge on any atom is -0.342 e. The third-order valence-corrected chi connectivity index (χ3v) is 2.45. The molecule has 0 radical (unpaired) electrons. The van der Waals surface area contributed by atoms with Crippen LogP contribution in [0.2, 0.25) is 5.02 Å². The average Bonchev–Trinajstić information content (AvgIpc) is 2.40. The van der Waals surface area contributed by atoms with E-state index in [2.05, 4.69) is 4.99 Å². The average molecular weight is 240 g/mol. The summed E-state index contributed by atoms with van der Waals surface area (Å²) >= 11 is 5.88. The summed E-state index contributed by atoms with van der Waals surface area (Å²) in [5.74, 6) is 0. The lowest BCUT2D eigenvalue weighted by Gasteiger charge is -2.21. The summed E-state index contributed by atoms with van der Waals surface area (Å²) in [5.41, 5.74) is 6.84. The van der Waals surface area contributed by atoms with Crippen LogP contribution in [0.25, 0.3) is 0 Å². The van der Waals surface area contributed by atoms with Gasteiger partial charge in [-0.3, -0.25) is 4.99 Å². The molecule has 0 bridgehead atoms. The third kappa shape index (κ3) is 2.40. The Morgan fingerprint density at radius 3 is 3.06 bits per heavy atom. The number of hydrogen-bond donors (Lipinski definition) is 1. The summed E-state index contributed by atoms with van der Waals surface area (Å²) in [7, 11) is 0. The van der Waals surface area contributed by atoms with Gasteiger partial charge in [0.15, 0.2) is 6.30 Å². The van der Waals surface area contributed by atoms with E-state index in [1.54, 1.807) is 35.6 Å². The predicted molar refractivity (Wildman–Crippen MR) is 64.6 cm³/mol. The molecule has 0 fully saturated rings. The normalized spacial score (nSPS) is 15.8. The van der Waals surface area contributed by atoms with Crippen molar-refractivity contribution in [2.75, 3.05) is 11.4 Å². The van der Waals surface area contributed by atoms with Gasteiger partial charge in [-0.15, -0.1) is 0 Å². The van der Waals surface area contributed by atoms with E-state index in [-0.39, 0.29) is 6.54 Å². The van der Waals surface area contributed by atoms with Crippen molar-refractivity contribution in [1.82, 2.24) is 0 Å². The van der Waals surface area contributed by atoms with E-state index < -0.39 is 6.30 Å². The van der Waals surface area contributed by atoms with Gasteiger partial charge in [0.05, 0.1) is 6.54 Å². The number of alkyl halides is 1. The number of hydrogen-bond acceptors (Lipinski definition) is 3. The molecule has 1 unspecified atom stereocenters. The number of halogens is 2. The summed E-state index contributed by atoms with van der Waals surface area (Å²) in [6.07, 6.45) is 3.57. The highest BCUT2D eigenvalue weighted by molar-refractivity contribution is 6.31. The lowest BCUT2D eigenvalue weighted by Crippen LogP contribution is -2.31. The monoisotopic (exact) mass is 239 g/mol. The van der Waals surface area contributed by atoms with Gasteiger partial charge in [-0.1, -0.05) is 11.6 Å². The first-order valence-electron chi connectivity index (χ1n) is 4.82. The molecule has 5 heteroatoms. The maximum absolute atomic E-state index is 12.8. The minimum atomic E-state index is -1.40. The second-order valence-corrected chi connectivity index (χ2v) is 3.88. The van der Waals surface area contributed by atoms with Crippen molar-refractivity contribution in [3.63, 3.8) is 0 Å². The number of rotatable bonds is 2. The van der Waals surface area contributed by atoms with Crippen LogP contribution in [0.15, 0.2) is 35.6 Å². The Morgan fingerprint density at radius 1 is 1.50 bits per heavy atom. The summed E-state index contributed by atoms with van der Waals surface area (Å²) in [6, 6.07) is 5.36. The van der Waals surface area contributed by atoms with Crippen molar-refractivity contribution in [2.45, 2.75) is 6.30 Å². The molecule has 3 nitrogen and oxygen atoms in total. The zero-order chi connectivity index (χ0) is 11.5. The van der Waals surface area contributed by atoms with Crippen LogP contribution in [0.4, 0.5) is 10.1 Å². The SMILES string of the molecule is NC(F)CN1C=CN=Cc2cc(Cl)ccc21. The van der Waals surface area contributed by atoms with Crippen LogP contribution in [0.3, 0.4) is 0 Å². The predicted octanol–water partition coefficient (Wildman–Crippen LogP) is 2.30. The van der Waals surface area contributed by atoms with E-state index in [4.69, 9.17) is 17.3 Å². The molecular formula is C11H11ClFN3. The molecule has 1 atom stereocenters. The molecule has 1 aliphatic heterocycles. The van der Waals surface area contributed by atoms with E-state index in [9.17, 15) is 4.39 Å². The van der Waals surface area contributed by atoms with Crippen molar-refractivity contribution >= 4 is 23.5 Å². The maximum Gasteiger partial charge on any atom is 0.166 e. The Bertz CT molecular complexity index is 443. The van der Waals surface area contributed by atoms with Crippen molar-refractivity contribution in [2.24, 2.45) is 10.7 Å². The quantitative estimate of drug-likeness (QED) is 0.805. The number of fused-ring (bicyclic) bond motifs is 1. The Kier molecular flexibility index (Phi) is 3.22. The van der Waals surface area contributed by atoms with Crippen LogP contribution in [0.1, 0.15) is 5.56 Å². The Hall–Kier alpha value is -1.39. The van der Waals surface area contributed by atoms with Crippen molar-refractivity contribution in [3.05, 3.63) is 41.2 Å². The lowest BCUT2D eigenvalue weighted by molar-refractivity contribution is 0.351. The highest BCUT2D eigenvalue weighted by Crippen LogP contribution is 2.25. The molecule has 0 amide bonds. The maximum atomic E-state index is 12.8. The van der Waals surface area contributed by atoms with Gasteiger partial charge in [0.25, 0.3) is 0 Å². The number of nitrogens with two attached hydrogens (primary N) is 1. The van der Waals surface area contributed by atoms with Crippen LogP contribution in [-0.2, 0) is 0 Å². The lowest BCUT2D eigenvalue weighted by atomic mass is 10.2. The number of anilines is 1. The Balaban J connectivity index is 2.39. The zero-order valence-corrected chi connectivity index (χ0v) is 9.23. The second-order valence-electron chi connectivity index (χ2n) is 3.45. The number of nitrogens with zero attached hydrogens (tertiary/aromatic N) is 2. The molecule has 2 rings (SSSR count). The molecule has 1 aromatic carbocycles. The van der Waals surface area contributed by atoms with E-state index in [0.29, 0.717) is 5.02 Å². The fourth-order valence-electron chi connectivity index (χ4n) is 1.56. The summed E-state index contributed by atoms with van der Waals surface area (Å²) in [4.78, 5) is 5.75. The van der Waals surface area contributed by atoms with Gasteiger partial charge in [-0.25, -0.2) is 4.39 Å². The van der Waals surface area contributed by atoms with Crippen molar-refractivity contribution in [3.8, 4) is 0 Å². The first kappa shape index (κ1) is 11.1. The molecule has 2 N–H and O–H groups in total. The smallest absolute Gasteiger partial charge is 0.166 e. The molecular weight excluding hydrogens is 229 g/mol. The van der Waals surface area contributed by atoms with Gasteiger partial charge in [0.2, 0.25) is 0 Å². The van der Waals surface area contributed by atoms with Gasteiger partial charge in [0, 0.05) is 34.9 Å². The van der Waals surface area contributed by atoms with E-state index in [1.807, 2.05) is 6.07 Å². The van der Waals surface area contributed by atoms with Gasteiger partial charge in [0.1, 0.15) is 0 Å². The molecule has 0 saturated heterocycles. The van der Waals surface area contributed by atoms with Crippen LogP contribution in [0.5, 0.6) is 0 Å². The first-order chi connectivity index (χ1) is 7.66. The molecule has 0 saturated carbocycles. The van der Waals surface area contributed by atoms with Crippen LogP contribution in [0, 0.1) is 0 Å². The topological polar surface area (TPSA) is 41.6 Å². The zero-order valence-electron chi connectivity index (χ0n) is 8.48. The number of aliphatic imine (C=N–C) groups is 1. The van der Waals surface area contributed by atoms with Crippen LogP contribution in [-0.4, -0.2) is 19.1 Å². The molecule has 0 aliphatic carbocycles. The van der Waals surface area contributed by atoms with Gasteiger partial charge >= 0.3 is 0 Å². The fourth-order valence-corrected chi connectivity index (χ4v) is 1.74. The summed E-state index contributed by atoms with van der Waals surface area (Å²) in [5, 5.41) is 0.622. The van der Waals surface area contributed by atoms with E-state index in [1.165, 1.54) is 0 Å². The minimum absolute atomic E-state index is 0.0918. The second kappa shape index (κ2) is 4.63. The molecule has 0 aromatic heterocycles. The van der Waals surface area contributed by atoms with Gasteiger partial charge < -0.3 is 10.6 Å². The standard InChI is InChI=1S/C11H11ClFN3/c12-9-1-2-10-8(5-9)6-15-3-4-16(10)7-11(13)14/h1-6,11H,7,14H2. The number of benzene rings is 1. The Morgan fingerprint density at radius 2 is 2.31 bits per heavy atom. The van der Waals surface area contributed by atoms with Gasteiger partial charge in [-0.2, -0.15) is 0 Å². The summed E-state index contributed by atoms with van der Waals surface area (Å²) in [6.45, 7) is 0.0918. The van der Waals surface area contributed by atoms with E-state index in [0.717, 1.165) is 11.3 Å². The van der Waals surface area contributed by atoms with Crippen LogP contribution >= 0.6 is 11.6 Å². The summed E-state index contributed by atoms with van der Waals surface area (Å²) < 4.78 is 12.8. The first-order valence-corrected chi connectivity index (χ1v) is 5.20. The Labute approximate surface area is 98.0 Å². The van der Waals surface area contributed by atoms with Crippen molar-refractivity contribution in [1.29, 1.82) is 0 Å². The fraction of sp³-hybridized carbons (Fsp3) is 0.182.